The molecule has 0 bridgehead atoms. The van der Waals surface area contributed by atoms with Gasteiger partial charge in [-0.05, 0) is 49.6 Å². The van der Waals surface area contributed by atoms with Crippen LogP contribution in [0.2, 0.25) is 36.3 Å². The van der Waals surface area contributed by atoms with Gasteiger partial charge in [0.2, 0.25) is 0 Å². The summed E-state index contributed by atoms with van der Waals surface area (Å²) in [6, 6.07) is 0. The van der Waals surface area contributed by atoms with Crippen LogP contribution in [0.15, 0.2) is 12.2 Å². The van der Waals surface area contributed by atoms with Gasteiger partial charge in [-0.2, -0.15) is 0 Å². The fourth-order valence-electron chi connectivity index (χ4n) is 2.10. The summed E-state index contributed by atoms with van der Waals surface area (Å²) < 4.78 is 18.2. The highest BCUT2D eigenvalue weighted by molar-refractivity contribution is 6.74. The fourth-order valence-corrected chi connectivity index (χ4v) is 4.66. The van der Waals surface area contributed by atoms with Gasteiger partial charge in [-0.15, -0.1) is 0 Å². The molecule has 0 aromatic heterocycles. The van der Waals surface area contributed by atoms with Crippen molar-refractivity contribution < 1.29 is 18.4 Å². The first-order valence-corrected chi connectivity index (χ1v) is 16.4. The average molecular weight is 431 g/mol. The molecule has 0 aromatic rings. The lowest BCUT2D eigenvalue weighted by molar-refractivity contribution is -0.137. The Morgan fingerprint density at radius 1 is 0.964 bits per heavy atom. The molecular weight excluding hydrogens is 384 g/mol. The Morgan fingerprint density at radius 2 is 1.46 bits per heavy atom. The van der Waals surface area contributed by atoms with Crippen molar-refractivity contribution >= 4 is 22.6 Å². The Labute approximate surface area is 176 Å². The molecule has 4 nitrogen and oxygen atoms in total. The van der Waals surface area contributed by atoms with Crippen LogP contribution in [0.4, 0.5) is 0 Å². The SMILES string of the molecule is CCOC(=O)/C=C/C[C@H](O[Si](C)(C)C(C)(C)C)[C@H](C)CO[Si](C)(C)C(C)(C)C. The number of esters is 1. The maximum absolute atomic E-state index is 11.6. The zero-order chi connectivity index (χ0) is 22.4. The van der Waals surface area contributed by atoms with Crippen LogP contribution in [0, 0.1) is 5.92 Å². The minimum Gasteiger partial charge on any atom is -0.463 e. The third kappa shape index (κ3) is 8.93. The molecule has 0 aromatic carbocycles. The van der Waals surface area contributed by atoms with Crippen molar-refractivity contribution in [3.8, 4) is 0 Å². The van der Waals surface area contributed by atoms with Crippen molar-refractivity contribution in [1.82, 2.24) is 0 Å². The summed E-state index contributed by atoms with van der Waals surface area (Å²) >= 11 is 0. The van der Waals surface area contributed by atoms with Crippen molar-refractivity contribution in [3.63, 3.8) is 0 Å². The molecule has 28 heavy (non-hydrogen) atoms. The summed E-state index contributed by atoms with van der Waals surface area (Å²) in [7, 11) is -3.73. The highest BCUT2D eigenvalue weighted by Gasteiger charge is 2.41. The molecule has 0 fully saturated rings. The number of hydrogen-bond acceptors (Lipinski definition) is 4. The van der Waals surface area contributed by atoms with Gasteiger partial charge in [0.25, 0.3) is 0 Å². The highest BCUT2D eigenvalue weighted by atomic mass is 28.4. The average Bonchev–Trinajstić information content (AvgIpc) is 2.49. The van der Waals surface area contributed by atoms with Crippen molar-refractivity contribution in [3.05, 3.63) is 12.2 Å². The quantitative estimate of drug-likeness (QED) is 0.224. The molecule has 6 heteroatoms. The highest BCUT2D eigenvalue weighted by Crippen LogP contribution is 2.40. The Morgan fingerprint density at radius 3 is 1.89 bits per heavy atom. The molecule has 0 saturated carbocycles. The Hall–Kier alpha value is -0.436. The van der Waals surface area contributed by atoms with Crippen LogP contribution in [0.25, 0.3) is 0 Å². The second-order valence-electron chi connectivity index (χ2n) is 10.9. The molecule has 166 valence electrons. The molecule has 0 aliphatic carbocycles. The largest absolute Gasteiger partial charge is 0.463 e. The lowest BCUT2D eigenvalue weighted by Gasteiger charge is -2.42. The van der Waals surface area contributed by atoms with E-state index in [4.69, 9.17) is 13.6 Å². The molecule has 0 aliphatic rings. The standard InChI is InChI=1S/C22H46O4Si2/c1-13-24-20(23)16-14-15-19(26-28(11,12)22(6,7)8)18(2)17-25-27(9,10)21(3,4)5/h14,16,18-19H,13,15,17H2,1-12H3/b16-14+/t18-,19+/m1/s1. The minimum absolute atomic E-state index is 0.0244. The Kier molecular flexibility index (Phi) is 10.4. The minimum atomic E-state index is -1.93. The van der Waals surface area contributed by atoms with E-state index in [1.165, 1.54) is 6.08 Å². The first-order valence-electron chi connectivity index (χ1n) is 10.6. The summed E-state index contributed by atoms with van der Waals surface area (Å²) in [5.74, 6) is -0.0474. The third-order valence-electron chi connectivity index (χ3n) is 6.31. The first kappa shape index (κ1) is 27.6. The van der Waals surface area contributed by atoms with Gasteiger partial charge >= 0.3 is 5.97 Å². The van der Waals surface area contributed by atoms with Crippen LogP contribution in [0.3, 0.4) is 0 Å². The van der Waals surface area contributed by atoms with Crippen molar-refractivity contribution in [1.29, 1.82) is 0 Å². The molecule has 0 spiro atoms. The van der Waals surface area contributed by atoms with Gasteiger partial charge in [0.1, 0.15) is 0 Å². The number of carbonyl (C=O) groups excluding carboxylic acids is 1. The monoisotopic (exact) mass is 430 g/mol. The number of rotatable bonds is 10. The first-order chi connectivity index (χ1) is 12.4. The van der Waals surface area contributed by atoms with E-state index in [0.717, 1.165) is 0 Å². The van der Waals surface area contributed by atoms with Crippen LogP contribution >= 0.6 is 0 Å². The molecular formula is C22H46O4Si2. The lowest BCUT2D eigenvalue weighted by atomic mass is 10.0. The van der Waals surface area contributed by atoms with Crippen molar-refractivity contribution in [2.45, 2.75) is 104 Å². The maximum atomic E-state index is 11.6. The predicted octanol–water partition coefficient (Wildman–Crippen LogP) is 6.54. The summed E-state index contributed by atoms with van der Waals surface area (Å²) in [5.41, 5.74) is 0. The second kappa shape index (κ2) is 10.6. The van der Waals surface area contributed by atoms with Gasteiger partial charge in [-0.1, -0.05) is 54.5 Å². The Bertz CT molecular complexity index is 514. The van der Waals surface area contributed by atoms with Gasteiger partial charge in [0, 0.05) is 18.6 Å². The topological polar surface area (TPSA) is 44.8 Å². The zero-order valence-electron chi connectivity index (χ0n) is 20.6. The van der Waals surface area contributed by atoms with E-state index in [1.54, 1.807) is 0 Å². The fraction of sp³-hybridized carbons (Fsp3) is 0.864. The Balaban J connectivity index is 5.28. The maximum Gasteiger partial charge on any atom is 0.330 e. The molecule has 0 unspecified atom stereocenters. The van der Waals surface area contributed by atoms with Crippen LogP contribution in [-0.4, -0.2) is 41.9 Å². The third-order valence-corrected chi connectivity index (χ3v) is 15.3. The predicted molar refractivity (Wildman–Crippen MR) is 125 cm³/mol. The van der Waals surface area contributed by atoms with E-state index in [0.29, 0.717) is 19.6 Å². The summed E-state index contributed by atoms with van der Waals surface area (Å²) in [6.07, 6.45) is 4.12. The molecule has 2 atom stereocenters. The van der Waals surface area contributed by atoms with Crippen LogP contribution < -0.4 is 0 Å². The van der Waals surface area contributed by atoms with Crippen molar-refractivity contribution in [2.24, 2.45) is 5.92 Å². The van der Waals surface area contributed by atoms with Crippen molar-refractivity contribution in [2.75, 3.05) is 13.2 Å². The van der Waals surface area contributed by atoms with E-state index in [1.807, 2.05) is 13.0 Å². The summed E-state index contributed by atoms with van der Waals surface area (Å²) in [5, 5.41) is 0.322. The second-order valence-corrected chi connectivity index (χ2v) is 20.4. The molecule has 0 radical (unpaired) electrons. The van der Waals surface area contributed by atoms with E-state index >= 15 is 0 Å². The zero-order valence-corrected chi connectivity index (χ0v) is 22.6. The van der Waals surface area contributed by atoms with Crippen LogP contribution in [-0.2, 0) is 18.4 Å². The normalized spacial score (nSPS) is 16.3. The van der Waals surface area contributed by atoms with Gasteiger partial charge in [-0.3, -0.25) is 0 Å². The van der Waals surface area contributed by atoms with Gasteiger partial charge in [-0.25, -0.2) is 4.79 Å². The molecule has 0 aliphatic heterocycles. The van der Waals surface area contributed by atoms with Crippen LogP contribution in [0.5, 0.6) is 0 Å². The summed E-state index contributed by atoms with van der Waals surface area (Å²) in [6.45, 7) is 27.7. The summed E-state index contributed by atoms with van der Waals surface area (Å²) in [4.78, 5) is 11.6. The van der Waals surface area contributed by atoms with E-state index in [2.05, 4.69) is 74.7 Å². The number of hydrogen-bond donors (Lipinski definition) is 0. The molecule has 0 heterocycles. The number of carbonyl (C=O) groups is 1. The molecule has 0 N–H and O–H groups in total. The van der Waals surface area contributed by atoms with Gasteiger partial charge in [0.05, 0.1) is 12.7 Å². The van der Waals surface area contributed by atoms with Gasteiger partial charge < -0.3 is 13.6 Å². The van der Waals surface area contributed by atoms with E-state index in [9.17, 15) is 4.79 Å². The number of ether oxygens (including phenoxy) is 1. The smallest absolute Gasteiger partial charge is 0.330 e. The van der Waals surface area contributed by atoms with Crippen LogP contribution in [0.1, 0.15) is 61.8 Å². The van der Waals surface area contributed by atoms with Gasteiger partial charge in [0.15, 0.2) is 16.6 Å². The molecule has 0 rings (SSSR count). The van der Waals surface area contributed by atoms with E-state index < -0.39 is 16.6 Å². The molecule has 0 saturated heterocycles. The van der Waals surface area contributed by atoms with E-state index in [-0.39, 0.29) is 28.1 Å². The lowest BCUT2D eigenvalue weighted by Crippen LogP contribution is -2.47. The molecule has 0 amide bonds.